The fraction of sp³-hybridized carbons (Fsp3) is 0.500. The smallest absolute Gasteiger partial charge is 0.194 e. The predicted octanol–water partition coefficient (Wildman–Crippen LogP) is 0.801. The summed E-state index contributed by atoms with van der Waals surface area (Å²) in [6.45, 7) is 2.11. The van der Waals surface area contributed by atoms with Gasteiger partial charge in [-0.05, 0) is 0 Å². The van der Waals surface area contributed by atoms with Gasteiger partial charge in [0, 0.05) is 26.7 Å². The van der Waals surface area contributed by atoms with Gasteiger partial charge in [0.15, 0.2) is 11.6 Å². The van der Waals surface area contributed by atoms with Crippen LogP contribution in [0.2, 0.25) is 0 Å². The minimum absolute atomic E-state index is 0.0429. The van der Waals surface area contributed by atoms with Crippen LogP contribution in [0.15, 0.2) is 6.20 Å². The van der Waals surface area contributed by atoms with Gasteiger partial charge in [0.1, 0.15) is 0 Å². The van der Waals surface area contributed by atoms with Crippen LogP contribution >= 0.6 is 0 Å². The second-order valence-corrected chi connectivity index (χ2v) is 2.54. The number of nitrogens with zero attached hydrogens (tertiary/aromatic N) is 1. The number of aromatic amines is 1. The number of hydrogen-bond donors (Lipinski definition) is 1. The van der Waals surface area contributed by atoms with Gasteiger partial charge in [-0.1, -0.05) is 0 Å². The van der Waals surface area contributed by atoms with Crippen LogP contribution in [0.5, 0.6) is 0 Å². The van der Waals surface area contributed by atoms with E-state index in [1.54, 1.807) is 13.3 Å². The van der Waals surface area contributed by atoms with Crippen LogP contribution in [-0.4, -0.2) is 29.5 Å². The molecule has 0 spiro atoms. The van der Waals surface area contributed by atoms with E-state index in [0.717, 1.165) is 12.1 Å². The number of hydrogen-bond acceptors (Lipinski definition) is 3. The van der Waals surface area contributed by atoms with E-state index in [2.05, 4.69) is 9.97 Å². The maximum Gasteiger partial charge on any atom is 0.194 e. The lowest BCUT2D eigenvalue weighted by Crippen LogP contribution is -1.97. The zero-order valence-electron chi connectivity index (χ0n) is 7.26. The minimum Gasteiger partial charge on any atom is -0.384 e. The summed E-state index contributed by atoms with van der Waals surface area (Å²) in [5, 5.41) is 0. The van der Waals surface area contributed by atoms with E-state index in [4.69, 9.17) is 4.74 Å². The standard InChI is InChI=1S/C8H12N2O2/c1-6(11)8-9-5-7(10-8)3-4-12-2/h5H,3-4H2,1-2H3,(H,9,10). The highest BCUT2D eigenvalue weighted by Gasteiger charge is 2.04. The molecule has 0 amide bonds. The molecule has 1 heterocycles. The molecule has 0 saturated heterocycles. The van der Waals surface area contributed by atoms with Crippen molar-refractivity contribution in [3.8, 4) is 0 Å². The summed E-state index contributed by atoms with van der Waals surface area (Å²) < 4.78 is 4.88. The molecule has 4 heteroatoms. The second-order valence-electron chi connectivity index (χ2n) is 2.54. The Morgan fingerprint density at radius 1 is 1.75 bits per heavy atom. The Morgan fingerprint density at radius 2 is 2.50 bits per heavy atom. The third kappa shape index (κ3) is 2.17. The zero-order valence-corrected chi connectivity index (χ0v) is 7.26. The maximum atomic E-state index is 10.8. The van der Waals surface area contributed by atoms with E-state index in [-0.39, 0.29) is 5.78 Å². The van der Waals surface area contributed by atoms with E-state index in [1.807, 2.05) is 0 Å². The maximum absolute atomic E-state index is 10.8. The molecule has 0 aromatic carbocycles. The first-order valence-electron chi connectivity index (χ1n) is 3.78. The molecule has 0 aliphatic heterocycles. The Balaban J connectivity index is 2.58. The molecule has 1 N–H and O–H groups in total. The van der Waals surface area contributed by atoms with Gasteiger partial charge in [-0.15, -0.1) is 0 Å². The molecular formula is C8H12N2O2. The molecule has 1 rings (SSSR count). The molecule has 1 aromatic heterocycles. The van der Waals surface area contributed by atoms with Gasteiger partial charge in [0.05, 0.1) is 12.3 Å². The Hall–Kier alpha value is -1.16. The van der Waals surface area contributed by atoms with Crippen molar-refractivity contribution in [3.63, 3.8) is 0 Å². The second kappa shape index (κ2) is 4.01. The number of nitrogens with one attached hydrogen (secondary N) is 1. The van der Waals surface area contributed by atoms with Crippen LogP contribution < -0.4 is 0 Å². The summed E-state index contributed by atoms with van der Waals surface area (Å²) in [5.41, 5.74) is 0.863. The van der Waals surface area contributed by atoms with Crippen molar-refractivity contribution < 1.29 is 9.53 Å². The molecule has 0 atom stereocenters. The Bertz CT molecular complexity index is 268. The molecule has 1 aromatic rings. The van der Waals surface area contributed by atoms with Crippen molar-refractivity contribution in [1.82, 2.24) is 9.97 Å². The molecule has 4 nitrogen and oxygen atoms in total. The first-order chi connectivity index (χ1) is 5.74. The van der Waals surface area contributed by atoms with E-state index in [0.29, 0.717) is 12.4 Å². The Kier molecular flexibility index (Phi) is 2.99. The molecule has 0 radical (unpaired) electrons. The van der Waals surface area contributed by atoms with Gasteiger partial charge >= 0.3 is 0 Å². The largest absolute Gasteiger partial charge is 0.384 e. The molecule has 0 aliphatic carbocycles. The first kappa shape index (κ1) is 8.93. The number of rotatable bonds is 4. The van der Waals surface area contributed by atoms with Gasteiger partial charge in [-0.25, -0.2) is 4.98 Å². The van der Waals surface area contributed by atoms with Crippen LogP contribution in [0.3, 0.4) is 0 Å². The van der Waals surface area contributed by atoms with Crippen molar-refractivity contribution in [1.29, 1.82) is 0 Å². The number of methoxy groups -OCH3 is 1. The number of H-pyrrole nitrogens is 1. The van der Waals surface area contributed by atoms with Crippen molar-refractivity contribution in [3.05, 3.63) is 17.7 Å². The van der Waals surface area contributed by atoms with Gasteiger partial charge in [0.2, 0.25) is 0 Å². The minimum atomic E-state index is -0.0429. The van der Waals surface area contributed by atoms with Gasteiger partial charge in [-0.3, -0.25) is 4.79 Å². The van der Waals surface area contributed by atoms with Crippen LogP contribution in [0.4, 0.5) is 0 Å². The number of carbonyl (C=O) groups is 1. The van der Waals surface area contributed by atoms with E-state index in [9.17, 15) is 4.79 Å². The number of ketones is 1. The topological polar surface area (TPSA) is 55.0 Å². The average Bonchev–Trinajstić information content (AvgIpc) is 2.48. The summed E-state index contributed by atoms with van der Waals surface area (Å²) >= 11 is 0. The lowest BCUT2D eigenvalue weighted by Gasteiger charge is -1.92. The molecular weight excluding hydrogens is 156 g/mol. The SMILES string of the molecule is COCCc1c[nH]c(C(C)=O)n1. The highest BCUT2D eigenvalue weighted by Crippen LogP contribution is 1.98. The Morgan fingerprint density at radius 3 is 3.00 bits per heavy atom. The van der Waals surface area contributed by atoms with E-state index in [1.165, 1.54) is 6.92 Å². The summed E-state index contributed by atoms with van der Waals surface area (Å²) in [4.78, 5) is 17.7. The monoisotopic (exact) mass is 168 g/mol. The molecule has 0 unspecified atom stereocenters. The quantitative estimate of drug-likeness (QED) is 0.676. The summed E-state index contributed by atoms with van der Waals surface area (Å²) in [6.07, 6.45) is 2.47. The summed E-state index contributed by atoms with van der Waals surface area (Å²) in [5.74, 6) is 0.375. The predicted molar refractivity (Wildman–Crippen MR) is 44.2 cm³/mol. The van der Waals surface area contributed by atoms with Crippen LogP contribution in [0.1, 0.15) is 23.2 Å². The fourth-order valence-electron chi connectivity index (χ4n) is 0.875. The van der Waals surface area contributed by atoms with Crippen LogP contribution in [0.25, 0.3) is 0 Å². The first-order valence-corrected chi connectivity index (χ1v) is 3.78. The van der Waals surface area contributed by atoms with E-state index < -0.39 is 0 Å². The van der Waals surface area contributed by atoms with E-state index >= 15 is 0 Å². The van der Waals surface area contributed by atoms with Gasteiger partial charge in [-0.2, -0.15) is 0 Å². The van der Waals surface area contributed by atoms with Crippen LogP contribution in [0, 0.1) is 0 Å². The van der Waals surface area contributed by atoms with Crippen molar-refractivity contribution in [2.45, 2.75) is 13.3 Å². The number of carbonyl (C=O) groups excluding carboxylic acids is 1. The number of ether oxygens (including phenoxy) is 1. The summed E-state index contributed by atoms with van der Waals surface area (Å²) in [6, 6.07) is 0. The molecule has 0 saturated carbocycles. The lowest BCUT2D eigenvalue weighted by atomic mass is 10.3. The number of Topliss-reactive ketones (excluding diaryl/α,β-unsaturated/α-hetero) is 1. The normalized spacial score (nSPS) is 10.2. The number of aromatic nitrogens is 2. The molecule has 0 bridgehead atoms. The van der Waals surface area contributed by atoms with Gasteiger partial charge < -0.3 is 9.72 Å². The van der Waals surface area contributed by atoms with Crippen LogP contribution in [-0.2, 0) is 11.2 Å². The lowest BCUT2D eigenvalue weighted by molar-refractivity contribution is 0.100. The van der Waals surface area contributed by atoms with Gasteiger partial charge in [0.25, 0.3) is 0 Å². The molecule has 12 heavy (non-hydrogen) atoms. The van der Waals surface area contributed by atoms with Crippen molar-refractivity contribution >= 4 is 5.78 Å². The van der Waals surface area contributed by atoms with Crippen molar-refractivity contribution in [2.24, 2.45) is 0 Å². The summed E-state index contributed by atoms with van der Waals surface area (Å²) in [7, 11) is 1.64. The third-order valence-electron chi connectivity index (χ3n) is 1.53. The average molecular weight is 168 g/mol. The highest BCUT2D eigenvalue weighted by atomic mass is 16.5. The molecule has 0 fully saturated rings. The fourth-order valence-corrected chi connectivity index (χ4v) is 0.875. The molecule has 66 valence electrons. The highest BCUT2D eigenvalue weighted by molar-refractivity contribution is 5.90. The Labute approximate surface area is 71.0 Å². The third-order valence-corrected chi connectivity index (χ3v) is 1.53. The molecule has 0 aliphatic rings. The number of imidazole rings is 1. The zero-order chi connectivity index (χ0) is 8.97. The van der Waals surface area contributed by atoms with Crippen molar-refractivity contribution in [2.75, 3.05) is 13.7 Å².